The molecule has 21 heavy (non-hydrogen) atoms. The van der Waals surface area contributed by atoms with Gasteiger partial charge in [0, 0.05) is 23.9 Å². The van der Waals surface area contributed by atoms with Crippen LogP contribution in [0.15, 0.2) is 0 Å². The molecule has 0 spiro atoms. The van der Waals surface area contributed by atoms with Crippen molar-refractivity contribution in [3.8, 4) is 0 Å². The Bertz CT molecular complexity index is 168. The van der Waals surface area contributed by atoms with Gasteiger partial charge in [-0.25, -0.2) is 0 Å². The molecule has 0 aliphatic rings. The maximum atomic E-state index is 8.89. The molecule has 0 rings (SSSR count). The van der Waals surface area contributed by atoms with Crippen molar-refractivity contribution in [3.05, 3.63) is 0 Å². The molecular formula is C8H18O11Pb2. The molecule has 0 aromatic rings. The zero-order valence-electron chi connectivity index (χ0n) is 11.8. The van der Waals surface area contributed by atoms with E-state index >= 15 is 0 Å². The van der Waals surface area contributed by atoms with Crippen LogP contribution in [0, 0.1) is 0 Å². The number of hydrogen-bond donors (Lipinski definition) is 0. The van der Waals surface area contributed by atoms with Crippen LogP contribution < -0.4 is 20.4 Å². The zero-order valence-corrected chi connectivity index (χ0v) is 19.5. The van der Waals surface area contributed by atoms with Gasteiger partial charge in [-0.15, -0.1) is 0 Å². The zero-order chi connectivity index (χ0) is 14.3. The summed E-state index contributed by atoms with van der Waals surface area (Å²) in [6, 6.07) is 0. The Kier molecular flexibility index (Phi) is 141. The van der Waals surface area contributed by atoms with Crippen LogP contribution in [0.25, 0.3) is 0 Å². The Hall–Kier alpha value is -0.396. The average molecular weight is 705 g/mol. The van der Waals surface area contributed by atoms with Crippen molar-refractivity contribution in [1.82, 2.24) is 0 Å². The maximum absolute atomic E-state index is 8.89. The number of carboxylic acids is 4. The summed E-state index contributed by atoms with van der Waals surface area (Å²) in [6.45, 7) is 3.89. The quantitative estimate of drug-likeness (QED) is 0.218. The summed E-state index contributed by atoms with van der Waals surface area (Å²) in [6.07, 6.45) is 0. The van der Waals surface area contributed by atoms with E-state index < -0.39 is 23.9 Å². The molecule has 0 saturated carbocycles. The summed E-state index contributed by atoms with van der Waals surface area (Å²) < 4.78 is 0. The van der Waals surface area contributed by atoms with Gasteiger partial charge in [0.2, 0.25) is 0 Å². The first-order chi connectivity index (χ1) is 6.93. The first-order valence-corrected chi connectivity index (χ1v) is 3.63. The van der Waals surface area contributed by atoms with Crippen LogP contribution >= 0.6 is 0 Å². The van der Waals surface area contributed by atoms with Gasteiger partial charge in [0.05, 0.1) is 0 Å². The van der Waals surface area contributed by atoms with Gasteiger partial charge < -0.3 is 56.0 Å². The summed E-state index contributed by atoms with van der Waals surface area (Å²) in [5, 5.41) is 35.6. The van der Waals surface area contributed by atoms with E-state index in [1.54, 1.807) is 0 Å². The van der Waals surface area contributed by atoms with Crippen LogP contribution in [-0.2, 0) is 19.2 Å². The summed E-state index contributed by atoms with van der Waals surface area (Å²) in [5.74, 6) is -4.33. The molecule has 0 aliphatic heterocycles. The maximum Gasteiger partial charge on any atom is 2.00 e. The number of carbonyl (C=O) groups excluding carboxylic acids is 4. The predicted molar refractivity (Wildman–Crippen MR) is 65.1 cm³/mol. The molecule has 4 radical (unpaired) electrons. The molecule has 0 saturated heterocycles. The SMILES string of the molecule is CC(=O)[O-].CC(=O)[O-].CC(=O)[O-].CC(=O)[O-].O.O.O.[Pb+2].[Pb+2]. The first-order valence-electron chi connectivity index (χ1n) is 3.63. The van der Waals surface area contributed by atoms with Crippen molar-refractivity contribution in [3.63, 3.8) is 0 Å². The van der Waals surface area contributed by atoms with Crippen molar-refractivity contribution in [2.45, 2.75) is 27.7 Å². The predicted octanol–water partition coefficient (Wildman–Crippen LogP) is -8.21. The van der Waals surface area contributed by atoms with E-state index in [4.69, 9.17) is 39.6 Å². The van der Waals surface area contributed by atoms with Crippen LogP contribution in [0.2, 0.25) is 0 Å². The second-order valence-corrected chi connectivity index (χ2v) is 1.97. The molecule has 13 heteroatoms. The van der Waals surface area contributed by atoms with Gasteiger partial charge in [0.15, 0.2) is 0 Å². The number of carbonyl (C=O) groups is 4. The molecule has 0 aliphatic carbocycles. The van der Waals surface area contributed by atoms with Gasteiger partial charge >= 0.3 is 54.6 Å². The van der Waals surface area contributed by atoms with Crippen LogP contribution in [-0.4, -0.2) is 94.9 Å². The van der Waals surface area contributed by atoms with Gasteiger partial charge in [0.25, 0.3) is 0 Å². The van der Waals surface area contributed by atoms with Crippen molar-refractivity contribution in [2.75, 3.05) is 0 Å². The average Bonchev–Trinajstić information content (AvgIpc) is 1.76. The van der Waals surface area contributed by atoms with Gasteiger partial charge in [-0.05, 0) is 27.7 Å². The van der Waals surface area contributed by atoms with Gasteiger partial charge in [0.1, 0.15) is 0 Å². The molecule has 124 valence electrons. The third-order valence-electron chi connectivity index (χ3n) is 0. The minimum atomic E-state index is -1.08. The Morgan fingerprint density at radius 3 is 0.476 bits per heavy atom. The monoisotopic (exact) mass is 706 g/mol. The van der Waals surface area contributed by atoms with Gasteiger partial charge in [-0.2, -0.15) is 0 Å². The minimum absolute atomic E-state index is 0. The Morgan fingerprint density at radius 1 is 0.476 bits per heavy atom. The van der Waals surface area contributed by atoms with Crippen LogP contribution in [0.3, 0.4) is 0 Å². The number of aliphatic carboxylic acids is 4. The molecule has 0 heterocycles. The van der Waals surface area contributed by atoms with Crippen molar-refractivity contribution < 1.29 is 56.0 Å². The summed E-state index contributed by atoms with van der Waals surface area (Å²) in [7, 11) is 0. The first kappa shape index (κ1) is 58.8. The summed E-state index contributed by atoms with van der Waals surface area (Å²) in [4.78, 5) is 35.6. The normalized spacial score (nSPS) is 4.76. The Balaban J connectivity index is -0.0000000121. The molecular weight excluding hydrogens is 686 g/mol. The van der Waals surface area contributed by atoms with E-state index in [-0.39, 0.29) is 71.0 Å². The van der Waals surface area contributed by atoms with E-state index in [0.29, 0.717) is 0 Å². The fourth-order valence-electron chi connectivity index (χ4n) is 0. The molecule has 0 atom stereocenters. The topological polar surface area (TPSA) is 255 Å². The van der Waals surface area contributed by atoms with Gasteiger partial charge in [-0.3, -0.25) is 0 Å². The minimum Gasteiger partial charge on any atom is -0.550 e. The third-order valence-corrected chi connectivity index (χ3v) is 0. The van der Waals surface area contributed by atoms with Crippen LogP contribution in [0.5, 0.6) is 0 Å². The second-order valence-electron chi connectivity index (χ2n) is 1.97. The Labute approximate surface area is 161 Å². The molecule has 0 aromatic carbocycles. The third kappa shape index (κ3) is 38800. The van der Waals surface area contributed by atoms with Crippen molar-refractivity contribution in [2.24, 2.45) is 0 Å². The largest absolute Gasteiger partial charge is 2.00 e. The van der Waals surface area contributed by atoms with Gasteiger partial charge in [-0.1, -0.05) is 0 Å². The Morgan fingerprint density at radius 2 is 0.476 bits per heavy atom. The van der Waals surface area contributed by atoms with E-state index in [9.17, 15) is 0 Å². The molecule has 0 aromatic heterocycles. The molecule has 0 unspecified atom stereocenters. The summed E-state index contributed by atoms with van der Waals surface area (Å²) >= 11 is 0. The fraction of sp³-hybridized carbons (Fsp3) is 0.500. The standard InChI is InChI=1S/4C2H4O2.3H2O.2Pb/c4*1-2(3)4;;;;;/h4*1H3,(H,3,4);3*1H2;;/q;;;;;;;2*+2/p-4. The fourth-order valence-corrected chi connectivity index (χ4v) is 0. The second kappa shape index (κ2) is 50.4. The smallest absolute Gasteiger partial charge is 0.550 e. The van der Waals surface area contributed by atoms with Crippen molar-refractivity contribution >= 4 is 78.5 Å². The van der Waals surface area contributed by atoms with Crippen molar-refractivity contribution in [1.29, 1.82) is 0 Å². The van der Waals surface area contributed by atoms with E-state index in [1.165, 1.54) is 0 Å². The number of carboxylic acid groups (broad SMARTS) is 4. The molecule has 6 N–H and O–H groups in total. The molecule has 0 fully saturated rings. The number of hydrogen-bond acceptors (Lipinski definition) is 8. The van der Waals surface area contributed by atoms with Crippen LogP contribution in [0.4, 0.5) is 0 Å². The molecule has 0 amide bonds. The van der Waals surface area contributed by atoms with E-state index in [1.807, 2.05) is 0 Å². The number of rotatable bonds is 0. The van der Waals surface area contributed by atoms with E-state index in [2.05, 4.69) is 0 Å². The summed E-state index contributed by atoms with van der Waals surface area (Å²) in [5.41, 5.74) is 0. The van der Waals surface area contributed by atoms with Crippen LogP contribution in [0.1, 0.15) is 27.7 Å². The molecule has 0 bridgehead atoms. The van der Waals surface area contributed by atoms with E-state index in [0.717, 1.165) is 27.7 Å². The molecule has 11 nitrogen and oxygen atoms in total.